The molecule has 0 radical (unpaired) electrons. The monoisotopic (exact) mass is 1480 g/mol. The van der Waals surface area contributed by atoms with Crippen molar-refractivity contribution in [2.75, 3.05) is 4.90 Å². The van der Waals surface area contributed by atoms with Crippen LogP contribution in [0.3, 0.4) is 0 Å². The zero-order chi connectivity index (χ0) is 88.8. The average Bonchev–Trinajstić information content (AvgIpc) is 1.53. The van der Waals surface area contributed by atoms with E-state index in [4.69, 9.17) is 27.0 Å². The minimum Gasteiger partial charge on any atom is -0.484 e. The Hall–Kier alpha value is -12.0. The van der Waals surface area contributed by atoms with Crippen LogP contribution in [0.4, 0.5) is 17.1 Å². The molecule has 0 bridgehead atoms. The molecular weight excluding hydrogens is 1370 g/mol. The Kier molecular flexibility index (Phi) is 12.0. The third-order valence-electron chi connectivity index (χ3n) is 28.9. The third-order valence-corrected chi connectivity index (χ3v) is 28.9. The van der Waals surface area contributed by atoms with Gasteiger partial charge in [0.2, 0.25) is 0 Å². The van der Waals surface area contributed by atoms with Crippen molar-refractivity contribution in [3.05, 3.63) is 368 Å². The van der Waals surface area contributed by atoms with Crippen molar-refractivity contribution >= 4 is 50.1 Å². The van der Waals surface area contributed by atoms with Gasteiger partial charge in [0.05, 0.1) is 11.6 Å². The number of aryl methyl sites for hydroxylation is 2. The fourth-order valence-electron chi connectivity index (χ4n) is 22.8. The SMILES string of the molecule is Cc1cccc(C)c1N(c1ccc2c(c1)C(C)(C)C1=C2C2c3ccccc3OC2C(c2ccc3c(c2)C(C)(C)c2cc(-c4ccc5c(c4)C(C)(C)c4ccccc4-5)ccc2-3)=C1)c1ccc2c(c1)C(C)(C)c1cc(-c3ccc4c(c3)C(C)(C)c3cc(-c5ccc6c(c5)C(C)(C)c5ccccc5-6)ccc3-4)c3oc4ccccc4c3c1-2.[2HH].[2H][2H].[2H][2H].[2H][2H].[2H][2H].[2H][2H].[2H][2H]. The van der Waals surface area contributed by atoms with Crippen LogP contribution in [0.5, 0.6) is 5.75 Å². The van der Waals surface area contributed by atoms with E-state index in [0.29, 0.717) is 0 Å². The molecule has 560 valence electrons. The highest BCUT2D eigenvalue weighted by Crippen LogP contribution is 2.65. The van der Waals surface area contributed by atoms with Gasteiger partial charge in [0.25, 0.3) is 0 Å². The smallest absolute Gasteiger partial charge is 0.143 e. The molecule has 2 heterocycles. The lowest BCUT2D eigenvalue weighted by Crippen LogP contribution is -2.27. The summed E-state index contributed by atoms with van der Waals surface area (Å²) in [5, 5.41) is 2.32. The van der Waals surface area contributed by atoms with Crippen LogP contribution in [0.1, 0.15) is 197 Å². The molecule has 15 aromatic rings. The highest BCUT2D eigenvalue weighted by molar-refractivity contribution is 6.19. The Balaban J connectivity index is 0.000000865. The summed E-state index contributed by atoms with van der Waals surface area (Å²) in [5.41, 5.74) is 49.7. The van der Waals surface area contributed by atoms with Crippen molar-refractivity contribution in [3.63, 3.8) is 0 Å². The zero-order valence-electron chi connectivity index (χ0n) is 78.9. The van der Waals surface area contributed by atoms with E-state index in [9.17, 15) is 0 Å². The molecule has 14 aromatic carbocycles. The van der Waals surface area contributed by atoms with Crippen LogP contribution in [-0.2, 0) is 32.5 Å². The predicted octanol–water partition coefficient (Wildman–Crippen LogP) is 30.6. The molecule has 0 spiro atoms. The van der Waals surface area contributed by atoms with Crippen LogP contribution in [0, 0.1) is 13.8 Å². The van der Waals surface area contributed by atoms with Crippen LogP contribution in [0.2, 0.25) is 0 Å². The highest BCUT2D eigenvalue weighted by atomic mass is 16.5. The van der Waals surface area contributed by atoms with E-state index in [0.717, 1.165) is 39.2 Å². The van der Waals surface area contributed by atoms with Gasteiger partial charge in [-0.25, -0.2) is 0 Å². The molecule has 8 aliphatic rings. The fraction of sp³-hybridized carbons (Fsp3) is 0.200. The molecule has 3 heteroatoms. The minimum atomic E-state index is -0.396. The number of hydrogen-bond acceptors (Lipinski definition) is 3. The number of ether oxygens (including phenoxy) is 1. The summed E-state index contributed by atoms with van der Waals surface area (Å²) >= 11 is 0. The van der Waals surface area contributed by atoms with Crippen molar-refractivity contribution in [2.24, 2.45) is 0 Å². The minimum absolute atomic E-state index is 0. The van der Waals surface area contributed by atoms with Crippen molar-refractivity contribution in [2.45, 2.75) is 141 Å². The van der Waals surface area contributed by atoms with Crippen molar-refractivity contribution in [1.29, 1.82) is 0 Å². The summed E-state index contributed by atoms with van der Waals surface area (Å²) in [5.74, 6) is 0.977. The van der Waals surface area contributed by atoms with E-state index in [-0.39, 0.29) is 40.5 Å². The molecule has 0 amide bonds. The predicted molar refractivity (Wildman–Crippen MR) is 485 cm³/mol. The van der Waals surface area contributed by atoms with Gasteiger partial charge in [-0.2, -0.15) is 0 Å². The van der Waals surface area contributed by atoms with Gasteiger partial charge in [-0.05, 0) is 271 Å². The molecule has 0 fully saturated rings. The van der Waals surface area contributed by atoms with E-state index < -0.39 is 5.41 Å². The van der Waals surface area contributed by atoms with E-state index in [1.54, 1.807) is 0 Å². The first-order valence-electron chi connectivity index (χ1n) is 46.8. The van der Waals surface area contributed by atoms with E-state index in [2.05, 4.69) is 375 Å². The Labute approximate surface area is 683 Å². The van der Waals surface area contributed by atoms with Crippen LogP contribution < -0.4 is 9.64 Å². The molecule has 113 heavy (non-hydrogen) atoms. The number of allylic oxidation sites excluding steroid dienone is 2. The largest absolute Gasteiger partial charge is 0.484 e. The van der Waals surface area contributed by atoms with Gasteiger partial charge in [-0.1, -0.05) is 277 Å². The summed E-state index contributed by atoms with van der Waals surface area (Å²) < 4.78 is 74.6. The standard InChI is InChI=1S/C110H89NO2.7H2/c1-60-24-23-25-61(2)102(60)111(68-40-48-78-92(56-68)109(11,12)94-58-82(103-100(98(78)94)80-28-17-21-32-96(80)112-103)66-38-46-76-74-44-36-64(52-88(74)107(7,8)90(76)54-66)62-34-42-72-70-26-15-19-30-84(70)105(3,4)86(72)50-62)69-41-49-79-93(57-69)110(13,14)95-59-83(104-101(99(79)95)81-29-18-22-33-97(81)113-104)67-39-47-77-75-45-37-65(53-89(75)108(9,10)91(77)55-67)63-35-43-73-71-27-16-20-31-85(71)106(5,6)87(73)51-63;;;;;;;/h15-59,100,103H,1-14H3;7*1H/i;6*1+1D;1+1. The Morgan fingerprint density at radius 2 is 0.735 bits per heavy atom. The van der Waals surface area contributed by atoms with Gasteiger partial charge in [0, 0.05) is 90.6 Å². The maximum Gasteiger partial charge on any atom is 0.143 e. The third kappa shape index (κ3) is 8.81. The topological polar surface area (TPSA) is 25.6 Å². The number of fused-ring (bicyclic) bond motifs is 25. The number of nitrogens with zero attached hydrogens (tertiary/aromatic N) is 1. The van der Waals surface area contributed by atoms with Crippen LogP contribution in [0.15, 0.2) is 283 Å². The normalized spacial score (nSPS) is 18.8. The van der Waals surface area contributed by atoms with Gasteiger partial charge in [0.15, 0.2) is 0 Å². The van der Waals surface area contributed by atoms with Crippen molar-refractivity contribution < 1.29 is 28.4 Å². The molecule has 0 saturated carbocycles. The molecule has 2 atom stereocenters. The Morgan fingerprint density at radius 3 is 1.28 bits per heavy atom. The number of para-hydroxylation sites is 3. The second-order valence-corrected chi connectivity index (χ2v) is 37.1. The first kappa shape index (κ1) is 60.7. The number of furan rings is 1. The van der Waals surface area contributed by atoms with Gasteiger partial charge in [-0.15, -0.1) is 0 Å². The maximum absolute atomic E-state index is 7.34. The Bertz CT molecular complexity index is 6980. The van der Waals surface area contributed by atoms with Crippen LogP contribution in [0.25, 0.3) is 122 Å². The van der Waals surface area contributed by atoms with Crippen LogP contribution in [-0.4, -0.2) is 6.10 Å². The quantitative estimate of drug-likeness (QED) is 0.159. The lowest BCUT2D eigenvalue weighted by Gasteiger charge is -2.32. The first-order chi connectivity index (χ1) is 60.4. The van der Waals surface area contributed by atoms with Gasteiger partial charge in [0.1, 0.15) is 23.0 Å². The number of rotatable bonds is 7. The summed E-state index contributed by atoms with van der Waals surface area (Å²) in [7, 11) is 0. The summed E-state index contributed by atoms with van der Waals surface area (Å²) in [6.45, 7) is 33.6. The first-order valence-corrected chi connectivity index (χ1v) is 40.8. The van der Waals surface area contributed by atoms with E-state index in [1.165, 1.54) is 200 Å². The molecular formula is C110H103NO2. The maximum atomic E-state index is 7.34. The number of anilines is 3. The summed E-state index contributed by atoms with van der Waals surface area (Å²) in [4.78, 5) is 2.57. The molecule has 1 aromatic heterocycles. The molecule has 0 saturated heterocycles. The van der Waals surface area contributed by atoms with Crippen molar-refractivity contribution in [1.82, 2.24) is 0 Å². The van der Waals surface area contributed by atoms with Crippen LogP contribution >= 0.6 is 0 Å². The molecule has 23 rings (SSSR count). The highest BCUT2D eigenvalue weighted by Gasteiger charge is 2.52. The Morgan fingerprint density at radius 1 is 0.327 bits per heavy atom. The molecule has 1 aliphatic heterocycles. The zero-order valence-corrected chi connectivity index (χ0v) is 66.9. The number of hydrogen-bond donors (Lipinski definition) is 0. The molecule has 2 unspecified atom stereocenters. The molecule has 7 aliphatic carbocycles. The number of benzene rings is 14. The molecule has 0 N–H and O–H groups in total. The van der Waals surface area contributed by atoms with E-state index in [1.807, 2.05) is 0 Å². The van der Waals surface area contributed by atoms with Gasteiger partial charge in [-0.3, -0.25) is 0 Å². The second-order valence-electron chi connectivity index (χ2n) is 37.1. The lowest BCUT2D eigenvalue weighted by molar-refractivity contribution is 0.280. The van der Waals surface area contributed by atoms with Crippen molar-refractivity contribution in [3.8, 4) is 94.8 Å². The van der Waals surface area contributed by atoms with Gasteiger partial charge < -0.3 is 14.1 Å². The average molecular weight is 1480 g/mol. The fourth-order valence-corrected chi connectivity index (χ4v) is 22.8. The summed E-state index contributed by atoms with van der Waals surface area (Å²) in [6.07, 6.45) is 2.35. The second kappa shape index (κ2) is 22.4. The molecule has 3 nitrogen and oxygen atoms in total. The van der Waals surface area contributed by atoms with E-state index >= 15 is 0 Å². The van der Waals surface area contributed by atoms with Gasteiger partial charge >= 0.3 is 0 Å². The summed E-state index contributed by atoms with van der Waals surface area (Å²) in [6, 6.07) is 103. The lowest BCUT2D eigenvalue weighted by atomic mass is 9.72.